The van der Waals surface area contributed by atoms with Gasteiger partial charge in [0.15, 0.2) is 11.2 Å². The van der Waals surface area contributed by atoms with Crippen LogP contribution in [-0.4, -0.2) is 36.4 Å². The van der Waals surface area contributed by atoms with Crippen LogP contribution < -0.4 is 9.47 Å². The van der Waals surface area contributed by atoms with Crippen molar-refractivity contribution in [3.8, 4) is 11.5 Å². The average molecular weight is 507 g/mol. The summed E-state index contributed by atoms with van der Waals surface area (Å²) in [6, 6.07) is 11.7. The van der Waals surface area contributed by atoms with Crippen LogP contribution in [0.4, 0.5) is 0 Å². The summed E-state index contributed by atoms with van der Waals surface area (Å²) < 4.78 is 22.0. The van der Waals surface area contributed by atoms with E-state index in [1.165, 1.54) is 0 Å². The molecule has 0 aromatic heterocycles. The normalized spacial score (nSPS) is 11.6. The van der Waals surface area contributed by atoms with Gasteiger partial charge in [0.2, 0.25) is 0 Å². The minimum atomic E-state index is -1.06. The number of esters is 2. The molecule has 0 spiro atoms. The fraction of sp³-hybridized carbons (Fsp3) is 0.462. The van der Waals surface area contributed by atoms with E-state index in [1.807, 2.05) is 50.2 Å². The topological polar surface area (TPSA) is 71.1 Å². The lowest BCUT2D eigenvalue weighted by Gasteiger charge is -2.25. The first-order valence-corrected chi connectivity index (χ1v) is 13.3. The molecule has 0 saturated heterocycles. The molecular weight excluding hydrogens is 472 g/mol. The van der Waals surface area contributed by atoms with Gasteiger partial charge in [0.25, 0.3) is 0 Å². The van der Waals surface area contributed by atoms with Gasteiger partial charge in [-0.15, -0.1) is 0 Å². The van der Waals surface area contributed by atoms with Gasteiger partial charge in [0, 0.05) is 9.79 Å². The highest BCUT2D eigenvalue weighted by Crippen LogP contribution is 2.40. The summed E-state index contributed by atoms with van der Waals surface area (Å²) in [7, 11) is 3.25. The SMILES string of the molecule is CCOC(=O)C(C)(C)Oc1ccc(SSc2ccc(OC(C)(C)C(=O)OCC)c(C)c2)cc1C. The maximum atomic E-state index is 12.1. The predicted molar refractivity (Wildman–Crippen MR) is 137 cm³/mol. The van der Waals surface area contributed by atoms with Crippen LogP contribution in [0.3, 0.4) is 0 Å². The molecule has 0 amide bonds. The first-order chi connectivity index (χ1) is 15.9. The number of hydrogen-bond donors (Lipinski definition) is 0. The summed E-state index contributed by atoms with van der Waals surface area (Å²) in [5, 5.41) is 0. The summed E-state index contributed by atoms with van der Waals surface area (Å²) >= 11 is 0. The smallest absolute Gasteiger partial charge is 0.349 e. The first kappa shape index (κ1) is 27.9. The van der Waals surface area contributed by atoms with Crippen LogP contribution in [0.1, 0.15) is 52.7 Å². The number of ether oxygens (including phenoxy) is 4. The maximum Gasteiger partial charge on any atom is 0.349 e. The molecule has 0 bridgehead atoms. The van der Waals surface area contributed by atoms with Crippen molar-refractivity contribution in [1.82, 2.24) is 0 Å². The number of hydrogen-bond acceptors (Lipinski definition) is 8. The Hall–Kier alpha value is -2.32. The fourth-order valence-corrected chi connectivity index (χ4v) is 5.00. The van der Waals surface area contributed by atoms with Gasteiger partial charge in [-0.2, -0.15) is 0 Å². The lowest BCUT2D eigenvalue weighted by atomic mass is 10.1. The Balaban J connectivity index is 2.03. The van der Waals surface area contributed by atoms with Crippen molar-refractivity contribution >= 4 is 33.5 Å². The van der Waals surface area contributed by atoms with E-state index >= 15 is 0 Å². The van der Waals surface area contributed by atoms with Crippen molar-refractivity contribution in [3.05, 3.63) is 47.5 Å². The Morgan fingerprint density at radius 3 is 1.35 bits per heavy atom. The van der Waals surface area contributed by atoms with Crippen molar-refractivity contribution < 1.29 is 28.5 Å². The highest BCUT2D eigenvalue weighted by Gasteiger charge is 2.33. The molecule has 6 nitrogen and oxygen atoms in total. The summed E-state index contributed by atoms with van der Waals surface area (Å²) in [5.74, 6) is 0.511. The second kappa shape index (κ2) is 11.9. The van der Waals surface area contributed by atoms with Gasteiger partial charge in [-0.05, 0) is 103 Å². The minimum absolute atomic E-state index is 0.313. The van der Waals surface area contributed by atoms with Crippen LogP contribution in [0.15, 0.2) is 46.2 Å². The summed E-state index contributed by atoms with van der Waals surface area (Å²) in [5.41, 5.74) is -0.256. The molecule has 0 aliphatic heterocycles. The molecule has 0 aliphatic carbocycles. The van der Waals surface area contributed by atoms with Gasteiger partial charge in [-0.1, -0.05) is 21.6 Å². The standard InChI is InChI=1S/C26H34O6S2/c1-9-29-23(27)25(5,6)31-21-13-11-19(15-17(21)3)33-34-20-12-14-22(18(4)16-20)32-26(7,8)24(28)30-10-2/h11-16H,9-10H2,1-8H3. The third-order valence-electron chi connectivity index (χ3n) is 4.79. The second-order valence-electron chi connectivity index (χ2n) is 8.69. The zero-order valence-corrected chi connectivity index (χ0v) is 22.8. The lowest BCUT2D eigenvalue weighted by Crippen LogP contribution is -2.39. The number of benzene rings is 2. The molecule has 2 aromatic carbocycles. The van der Waals surface area contributed by atoms with Crippen LogP contribution in [-0.2, 0) is 19.1 Å². The molecular formula is C26H34O6S2. The Morgan fingerprint density at radius 1 is 0.706 bits per heavy atom. The molecule has 0 atom stereocenters. The van der Waals surface area contributed by atoms with Crippen molar-refractivity contribution in [2.75, 3.05) is 13.2 Å². The molecule has 0 radical (unpaired) electrons. The van der Waals surface area contributed by atoms with E-state index in [0.29, 0.717) is 24.7 Å². The van der Waals surface area contributed by atoms with Crippen LogP contribution in [0, 0.1) is 13.8 Å². The van der Waals surface area contributed by atoms with E-state index in [1.54, 1.807) is 63.1 Å². The monoisotopic (exact) mass is 506 g/mol. The molecule has 0 fully saturated rings. The molecule has 186 valence electrons. The van der Waals surface area contributed by atoms with Crippen molar-refractivity contribution in [3.63, 3.8) is 0 Å². The zero-order valence-electron chi connectivity index (χ0n) is 21.1. The third-order valence-corrected chi connectivity index (χ3v) is 7.17. The van der Waals surface area contributed by atoms with Crippen molar-refractivity contribution in [2.24, 2.45) is 0 Å². The number of carbonyl (C=O) groups is 2. The Kier molecular flexibility index (Phi) is 9.76. The molecule has 34 heavy (non-hydrogen) atoms. The van der Waals surface area contributed by atoms with Gasteiger partial charge >= 0.3 is 11.9 Å². The summed E-state index contributed by atoms with van der Waals surface area (Å²) in [4.78, 5) is 26.3. The van der Waals surface area contributed by atoms with E-state index in [2.05, 4.69) is 0 Å². The lowest BCUT2D eigenvalue weighted by molar-refractivity contribution is -0.159. The maximum absolute atomic E-state index is 12.1. The Labute approximate surface area is 210 Å². The molecule has 0 unspecified atom stereocenters. The highest BCUT2D eigenvalue weighted by molar-refractivity contribution is 8.76. The van der Waals surface area contributed by atoms with E-state index < -0.39 is 23.1 Å². The van der Waals surface area contributed by atoms with Gasteiger partial charge in [0.05, 0.1) is 13.2 Å². The van der Waals surface area contributed by atoms with Crippen LogP contribution in [0.2, 0.25) is 0 Å². The molecule has 0 saturated carbocycles. The van der Waals surface area contributed by atoms with Crippen molar-refractivity contribution in [2.45, 2.75) is 76.4 Å². The molecule has 2 aromatic rings. The Bertz CT molecular complexity index is 935. The number of aryl methyl sites for hydroxylation is 2. The van der Waals surface area contributed by atoms with Gasteiger partial charge in [-0.3, -0.25) is 0 Å². The largest absolute Gasteiger partial charge is 0.476 e. The highest BCUT2D eigenvalue weighted by atomic mass is 33.1. The Morgan fingerprint density at radius 2 is 1.06 bits per heavy atom. The van der Waals surface area contributed by atoms with Crippen molar-refractivity contribution in [1.29, 1.82) is 0 Å². The fourth-order valence-electron chi connectivity index (χ4n) is 2.92. The van der Waals surface area contributed by atoms with Crippen LogP contribution in [0.5, 0.6) is 11.5 Å². The quantitative estimate of drug-likeness (QED) is 0.251. The molecule has 0 aliphatic rings. The van der Waals surface area contributed by atoms with Gasteiger partial charge in [0.1, 0.15) is 11.5 Å². The predicted octanol–water partition coefficient (Wildman–Crippen LogP) is 6.54. The number of carbonyl (C=O) groups excluding carboxylic acids is 2. The second-order valence-corrected chi connectivity index (χ2v) is 11.0. The first-order valence-electron chi connectivity index (χ1n) is 11.2. The van der Waals surface area contributed by atoms with Crippen LogP contribution >= 0.6 is 21.6 Å². The van der Waals surface area contributed by atoms with E-state index in [4.69, 9.17) is 18.9 Å². The minimum Gasteiger partial charge on any atom is -0.476 e. The number of rotatable bonds is 11. The average Bonchev–Trinajstić information content (AvgIpc) is 2.76. The summed E-state index contributed by atoms with van der Waals surface area (Å²) in [6.07, 6.45) is 0. The van der Waals surface area contributed by atoms with E-state index in [0.717, 1.165) is 20.9 Å². The molecule has 0 heterocycles. The van der Waals surface area contributed by atoms with E-state index in [-0.39, 0.29) is 0 Å². The van der Waals surface area contributed by atoms with Gasteiger partial charge in [-0.25, -0.2) is 9.59 Å². The molecule has 0 N–H and O–H groups in total. The van der Waals surface area contributed by atoms with E-state index in [9.17, 15) is 9.59 Å². The molecule has 2 rings (SSSR count). The van der Waals surface area contributed by atoms with Gasteiger partial charge < -0.3 is 18.9 Å². The zero-order chi connectivity index (χ0) is 25.5. The summed E-state index contributed by atoms with van der Waals surface area (Å²) in [6.45, 7) is 14.9. The third kappa shape index (κ3) is 7.60. The molecule has 8 heteroatoms. The van der Waals surface area contributed by atoms with Crippen LogP contribution in [0.25, 0.3) is 0 Å².